The highest BCUT2D eigenvalue weighted by molar-refractivity contribution is 5.86. The van der Waals surface area contributed by atoms with Gasteiger partial charge in [-0.15, -0.1) is 0 Å². The van der Waals surface area contributed by atoms with E-state index in [4.69, 9.17) is 0 Å². The summed E-state index contributed by atoms with van der Waals surface area (Å²) in [5.74, 6) is -0.0228. The van der Waals surface area contributed by atoms with E-state index in [-0.39, 0.29) is 17.9 Å². The van der Waals surface area contributed by atoms with E-state index in [1.807, 2.05) is 27.7 Å². The maximum atomic E-state index is 12.3. The number of nitrogens with one attached hydrogen (secondary N) is 3. The van der Waals surface area contributed by atoms with Crippen LogP contribution in [-0.4, -0.2) is 61.0 Å². The number of hydrogen-bond acceptors (Lipinski definition) is 4. The zero-order valence-electron chi connectivity index (χ0n) is 13.8. The molecule has 2 amide bonds. The summed E-state index contributed by atoms with van der Waals surface area (Å²) in [5, 5.41) is 9.06. The molecule has 6 heteroatoms. The monoisotopic (exact) mass is 298 g/mol. The Morgan fingerprint density at radius 3 is 2.48 bits per heavy atom. The van der Waals surface area contributed by atoms with Gasteiger partial charge >= 0.3 is 0 Å². The molecule has 0 aliphatic carbocycles. The minimum absolute atomic E-state index is 0.00960. The van der Waals surface area contributed by atoms with Gasteiger partial charge in [0.15, 0.2) is 0 Å². The van der Waals surface area contributed by atoms with E-state index in [2.05, 4.69) is 20.9 Å². The largest absolute Gasteiger partial charge is 0.354 e. The number of carbonyl (C=O) groups excluding carboxylic acids is 2. The molecular weight excluding hydrogens is 268 g/mol. The Morgan fingerprint density at radius 1 is 1.29 bits per heavy atom. The summed E-state index contributed by atoms with van der Waals surface area (Å²) in [5.41, 5.74) is -0.532. The topological polar surface area (TPSA) is 73.5 Å². The molecule has 0 aromatic rings. The summed E-state index contributed by atoms with van der Waals surface area (Å²) in [6, 6.07) is 0.186. The molecule has 1 saturated heterocycles. The molecule has 0 bridgehead atoms. The molecule has 0 aromatic heterocycles. The molecule has 122 valence electrons. The molecule has 1 atom stereocenters. The van der Waals surface area contributed by atoms with Crippen molar-refractivity contribution < 1.29 is 9.59 Å². The molecule has 1 rings (SSSR count). The molecule has 21 heavy (non-hydrogen) atoms. The standard InChI is InChI=1S/C15H30N4O2/c1-5-12(2)18-13(20)6-7-17-14(21)15(3,4)19-10-8-16-9-11-19/h12,16H,5-11H2,1-4H3,(H,17,21)(H,18,20). The third kappa shape index (κ3) is 5.63. The Balaban J connectivity index is 2.33. The molecule has 1 fully saturated rings. The second-order valence-electron chi connectivity index (χ2n) is 6.18. The van der Waals surface area contributed by atoms with Crippen LogP contribution in [0, 0.1) is 0 Å². The summed E-state index contributed by atoms with van der Waals surface area (Å²) in [6.07, 6.45) is 1.24. The van der Waals surface area contributed by atoms with Crippen molar-refractivity contribution in [1.29, 1.82) is 0 Å². The lowest BCUT2D eigenvalue weighted by atomic mass is 10.0. The van der Waals surface area contributed by atoms with Crippen LogP contribution in [0.3, 0.4) is 0 Å². The van der Waals surface area contributed by atoms with Crippen molar-refractivity contribution in [2.75, 3.05) is 32.7 Å². The summed E-state index contributed by atoms with van der Waals surface area (Å²) in [6.45, 7) is 11.8. The van der Waals surface area contributed by atoms with Crippen molar-refractivity contribution in [2.45, 2.75) is 52.1 Å². The van der Waals surface area contributed by atoms with Crippen LogP contribution in [0.15, 0.2) is 0 Å². The fourth-order valence-corrected chi connectivity index (χ4v) is 2.32. The van der Waals surface area contributed by atoms with Gasteiger partial charge in [-0.05, 0) is 27.2 Å². The van der Waals surface area contributed by atoms with Gasteiger partial charge in [-0.2, -0.15) is 0 Å². The van der Waals surface area contributed by atoms with Crippen molar-refractivity contribution in [3.8, 4) is 0 Å². The lowest BCUT2D eigenvalue weighted by Crippen LogP contribution is -2.60. The molecular formula is C15H30N4O2. The molecule has 1 unspecified atom stereocenters. The maximum absolute atomic E-state index is 12.3. The van der Waals surface area contributed by atoms with Crippen LogP contribution in [0.25, 0.3) is 0 Å². The van der Waals surface area contributed by atoms with Crippen LogP contribution in [0.4, 0.5) is 0 Å². The summed E-state index contributed by atoms with van der Waals surface area (Å²) in [4.78, 5) is 26.2. The van der Waals surface area contributed by atoms with Gasteiger partial charge in [-0.25, -0.2) is 0 Å². The molecule has 6 nitrogen and oxygen atoms in total. The van der Waals surface area contributed by atoms with Crippen LogP contribution in [0.1, 0.15) is 40.5 Å². The van der Waals surface area contributed by atoms with Gasteiger partial charge in [-0.3, -0.25) is 14.5 Å². The second-order valence-corrected chi connectivity index (χ2v) is 6.18. The first-order valence-electron chi connectivity index (χ1n) is 7.91. The van der Waals surface area contributed by atoms with Crippen molar-refractivity contribution in [3.05, 3.63) is 0 Å². The van der Waals surface area contributed by atoms with Crippen molar-refractivity contribution in [1.82, 2.24) is 20.9 Å². The Kier molecular flexibility index (Phi) is 7.11. The maximum Gasteiger partial charge on any atom is 0.239 e. The number of rotatable bonds is 7. The van der Waals surface area contributed by atoms with E-state index in [1.54, 1.807) is 0 Å². The van der Waals surface area contributed by atoms with E-state index in [0.717, 1.165) is 32.6 Å². The Hall–Kier alpha value is -1.14. The lowest BCUT2D eigenvalue weighted by Gasteiger charge is -2.39. The highest BCUT2D eigenvalue weighted by Crippen LogP contribution is 2.15. The second kappa shape index (κ2) is 8.34. The summed E-state index contributed by atoms with van der Waals surface area (Å²) in [7, 11) is 0. The molecule has 1 aliphatic heterocycles. The van der Waals surface area contributed by atoms with Crippen molar-refractivity contribution >= 4 is 11.8 Å². The van der Waals surface area contributed by atoms with E-state index >= 15 is 0 Å². The van der Waals surface area contributed by atoms with E-state index < -0.39 is 5.54 Å². The van der Waals surface area contributed by atoms with Crippen LogP contribution in [-0.2, 0) is 9.59 Å². The normalized spacial score (nSPS) is 18.1. The number of piperazine rings is 1. The van der Waals surface area contributed by atoms with Crippen molar-refractivity contribution in [2.24, 2.45) is 0 Å². The number of hydrogen-bond donors (Lipinski definition) is 3. The molecule has 1 aliphatic rings. The zero-order valence-corrected chi connectivity index (χ0v) is 13.8. The van der Waals surface area contributed by atoms with Gasteiger partial charge in [-0.1, -0.05) is 6.92 Å². The predicted molar refractivity (Wildman–Crippen MR) is 84.0 cm³/mol. The quantitative estimate of drug-likeness (QED) is 0.623. The predicted octanol–water partition coefficient (Wildman–Crippen LogP) is 0.0912. The number of nitrogens with zero attached hydrogens (tertiary/aromatic N) is 1. The molecule has 0 spiro atoms. The zero-order chi connectivity index (χ0) is 15.9. The molecule has 0 saturated carbocycles. The Labute approximate surface area is 128 Å². The minimum atomic E-state index is -0.532. The van der Waals surface area contributed by atoms with Gasteiger partial charge in [0.1, 0.15) is 0 Å². The smallest absolute Gasteiger partial charge is 0.239 e. The fraction of sp³-hybridized carbons (Fsp3) is 0.867. The van der Waals surface area contributed by atoms with E-state index in [1.165, 1.54) is 0 Å². The molecule has 0 aromatic carbocycles. The highest BCUT2D eigenvalue weighted by Gasteiger charge is 2.34. The van der Waals surface area contributed by atoms with Crippen LogP contribution in [0.5, 0.6) is 0 Å². The Morgan fingerprint density at radius 2 is 1.90 bits per heavy atom. The molecule has 0 radical (unpaired) electrons. The van der Waals surface area contributed by atoms with E-state index in [9.17, 15) is 9.59 Å². The molecule has 3 N–H and O–H groups in total. The first kappa shape index (κ1) is 17.9. The summed E-state index contributed by atoms with van der Waals surface area (Å²) >= 11 is 0. The minimum Gasteiger partial charge on any atom is -0.354 e. The number of carbonyl (C=O) groups is 2. The average Bonchev–Trinajstić information content (AvgIpc) is 2.47. The Bertz CT molecular complexity index is 352. The fourth-order valence-electron chi connectivity index (χ4n) is 2.32. The SMILES string of the molecule is CCC(C)NC(=O)CCNC(=O)C(C)(C)N1CCNCC1. The van der Waals surface area contributed by atoms with Gasteiger partial charge in [0, 0.05) is 45.2 Å². The third-order valence-corrected chi connectivity index (χ3v) is 4.12. The van der Waals surface area contributed by atoms with Gasteiger partial charge in [0.2, 0.25) is 11.8 Å². The highest BCUT2D eigenvalue weighted by atomic mass is 16.2. The van der Waals surface area contributed by atoms with Crippen LogP contribution in [0.2, 0.25) is 0 Å². The first-order chi connectivity index (χ1) is 9.87. The molecule has 1 heterocycles. The van der Waals surface area contributed by atoms with E-state index in [0.29, 0.717) is 13.0 Å². The van der Waals surface area contributed by atoms with Crippen LogP contribution >= 0.6 is 0 Å². The third-order valence-electron chi connectivity index (χ3n) is 4.12. The number of amides is 2. The van der Waals surface area contributed by atoms with Gasteiger partial charge < -0.3 is 16.0 Å². The lowest BCUT2D eigenvalue weighted by molar-refractivity contribution is -0.132. The van der Waals surface area contributed by atoms with Crippen molar-refractivity contribution in [3.63, 3.8) is 0 Å². The van der Waals surface area contributed by atoms with Crippen LogP contribution < -0.4 is 16.0 Å². The first-order valence-corrected chi connectivity index (χ1v) is 7.91. The average molecular weight is 298 g/mol. The van der Waals surface area contributed by atoms with Gasteiger partial charge in [0.05, 0.1) is 5.54 Å². The summed E-state index contributed by atoms with van der Waals surface area (Å²) < 4.78 is 0. The van der Waals surface area contributed by atoms with Gasteiger partial charge in [0.25, 0.3) is 0 Å².